The summed E-state index contributed by atoms with van der Waals surface area (Å²) in [6.45, 7) is 0. The molecule has 3 rings (SSSR count). The van der Waals surface area contributed by atoms with E-state index >= 15 is 0 Å². The first-order chi connectivity index (χ1) is 11.0. The summed E-state index contributed by atoms with van der Waals surface area (Å²) < 4.78 is 62.8. The first kappa shape index (κ1) is 19.9. The van der Waals surface area contributed by atoms with E-state index in [0.717, 1.165) is 36.4 Å². The van der Waals surface area contributed by atoms with Gasteiger partial charge in [0.15, 0.2) is 11.6 Å². The molecule has 1 aliphatic carbocycles. The topological polar surface area (TPSA) is 143 Å². The molecule has 0 aliphatic heterocycles. The number of hydrogen-bond donors (Lipinski definition) is 2. The first-order valence-corrected chi connectivity index (χ1v) is 9.20. The second-order valence-corrected chi connectivity index (χ2v) is 7.87. The van der Waals surface area contributed by atoms with E-state index in [1.807, 2.05) is 0 Å². The van der Waals surface area contributed by atoms with Crippen LogP contribution < -0.4 is 0 Å². The van der Waals surface area contributed by atoms with Gasteiger partial charge in [-0.15, -0.1) is 0 Å². The van der Waals surface area contributed by atoms with Crippen molar-refractivity contribution in [2.45, 2.75) is 9.79 Å². The molecule has 0 unspecified atom stereocenters. The summed E-state index contributed by atoms with van der Waals surface area (Å²) in [7, 11) is -9.11. The summed E-state index contributed by atoms with van der Waals surface area (Å²) in [5.74, 6) is -1.40. The monoisotopic (exact) mass is 392 g/mol. The number of benzene rings is 2. The van der Waals surface area contributed by atoms with E-state index in [0.29, 0.717) is 0 Å². The van der Waals surface area contributed by atoms with Crippen molar-refractivity contribution in [3.8, 4) is 0 Å². The van der Waals surface area contributed by atoms with Gasteiger partial charge in [0, 0.05) is 22.3 Å². The van der Waals surface area contributed by atoms with Crippen molar-refractivity contribution >= 4 is 61.4 Å². The fourth-order valence-electron chi connectivity index (χ4n) is 2.43. The number of fused-ring (bicyclic) bond motifs is 2. The Bertz CT molecular complexity index is 1040. The molecule has 0 aromatic heterocycles. The van der Waals surface area contributed by atoms with Crippen LogP contribution in [-0.2, 0) is 20.2 Å². The van der Waals surface area contributed by atoms with Crippen molar-refractivity contribution in [1.29, 1.82) is 0 Å². The predicted molar refractivity (Wildman–Crippen MR) is 86.5 cm³/mol. The van der Waals surface area contributed by atoms with E-state index in [4.69, 9.17) is 9.11 Å². The molecule has 25 heavy (non-hydrogen) atoms. The molecule has 0 fully saturated rings. The van der Waals surface area contributed by atoms with Crippen LogP contribution in [0.3, 0.4) is 0 Å². The Morgan fingerprint density at radius 3 is 1.20 bits per heavy atom. The third kappa shape index (κ3) is 3.47. The average molecular weight is 392 g/mol. The molecule has 2 N–H and O–H groups in total. The van der Waals surface area contributed by atoms with Gasteiger partial charge in [-0.25, -0.2) is 0 Å². The second-order valence-electron chi connectivity index (χ2n) is 5.02. The molecule has 126 valence electrons. The molecular weight excluding hydrogens is 383 g/mol. The molecular formula is C14H9NaO8S2. The quantitative estimate of drug-likeness (QED) is 0.468. The van der Waals surface area contributed by atoms with Gasteiger partial charge in [0.05, 0.1) is 9.79 Å². The molecule has 0 atom stereocenters. The van der Waals surface area contributed by atoms with Gasteiger partial charge in [-0.1, -0.05) is 0 Å². The molecule has 2 aromatic carbocycles. The number of carbonyl (C=O) groups excluding carboxylic acids is 2. The Kier molecular flexibility index (Phi) is 5.10. The van der Waals surface area contributed by atoms with Crippen LogP contribution in [0.2, 0.25) is 0 Å². The van der Waals surface area contributed by atoms with E-state index in [1.165, 1.54) is 0 Å². The molecule has 0 heterocycles. The summed E-state index contributed by atoms with van der Waals surface area (Å²) >= 11 is 0. The van der Waals surface area contributed by atoms with Gasteiger partial charge in [-0.3, -0.25) is 18.7 Å². The summed E-state index contributed by atoms with van der Waals surface area (Å²) in [5, 5.41) is 0. The van der Waals surface area contributed by atoms with Crippen molar-refractivity contribution in [3.05, 3.63) is 58.7 Å². The number of rotatable bonds is 2. The van der Waals surface area contributed by atoms with Crippen LogP contribution in [0.4, 0.5) is 0 Å². The number of carbonyl (C=O) groups is 2. The molecule has 1 aliphatic rings. The van der Waals surface area contributed by atoms with Crippen molar-refractivity contribution in [2.24, 2.45) is 0 Å². The summed E-state index contributed by atoms with van der Waals surface area (Å²) in [5.41, 5.74) is -0.704. The van der Waals surface area contributed by atoms with Crippen molar-refractivity contribution in [3.63, 3.8) is 0 Å². The van der Waals surface area contributed by atoms with Gasteiger partial charge in [0.25, 0.3) is 20.2 Å². The maximum absolute atomic E-state index is 12.5. The van der Waals surface area contributed by atoms with Gasteiger partial charge in [-0.05, 0) is 36.4 Å². The molecule has 0 amide bonds. The zero-order valence-corrected chi connectivity index (χ0v) is 13.3. The van der Waals surface area contributed by atoms with E-state index in [9.17, 15) is 26.4 Å². The fraction of sp³-hybridized carbons (Fsp3) is 0. The second kappa shape index (κ2) is 6.40. The van der Waals surface area contributed by atoms with E-state index in [2.05, 4.69) is 0 Å². The van der Waals surface area contributed by atoms with Crippen LogP contribution in [-0.4, -0.2) is 67.1 Å². The van der Waals surface area contributed by atoms with Crippen LogP contribution >= 0.6 is 0 Å². The Hall–Kier alpha value is -1.40. The van der Waals surface area contributed by atoms with Crippen LogP contribution in [0.25, 0.3) is 0 Å². The minimum absolute atomic E-state index is 0. The molecule has 0 saturated heterocycles. The first-order valence-electron chi connectivity index (χ1n) is 6.32. The molecule has 0 saturated carbocycles. The van der Waals surface area contributed by atoms with Crippen molar-refractivity contribution < 1.29 is 35.5 Å². The fourth-order valence-corrected chi connectivity index (χ4v) is 3.44. The predicted octanol–water partition coefficient (Wildman–Crippen LogP) is 0.307. The zero-order chi connectivity index (χ0) is 17.9. The van der Waals surface area contributed by atoms with Crippen LogP contribution in [0.1, 0.15) is 31.8 Å². The number of hydrogen-bond acceptors (Lipinski definition) is 6. The van der Waals surface area contributed by atoms with Gasteiger partial charge < -0.3 is 0 Å². The molecule has 0 radical (unpaired) electrons. The third-order valence-electron chi connectivity index (χ3n) is 3.56. The Balaban J connectivity index is 0.00000225. The van der Waals surface area contributed by atoms with E-state index < -0.39 is 41.6 Å². The van der Waals surface area contributed by atoms with Gasteiger partial charge in [0.1, 0.15) is 0 Å². The summed E-state index contributed by atoms with van der Waals surface area (Å²) in [4.78, 5) is 23.8. The standard InChI is InChI=1S/C14H8O8S2.Na.H/c15-13-9-3-1-7(23(17,18)19)5-11(9)14(16)10-4-2-8(6-12(10)13)24(20,21)22;;/h1-6H,(H,17,18,19)(H,20,21,22);;. The van der Waals surface area contributed by atoms with Crippen LogP contribution in [0.15, 0.2) is 46.2 Å². The Morgan fingerprint density at radius 2 is 0.920 bits per heavy atom. The Morgan fingerprint density at radius 1 is 0.600 bits per heavy atom. The molecule has 0 bridgehead atoms. The third-order valence-corrected chi connectivity index (χ3v) is 5.26. The van der Waals surface area contributed by atoms with E-state index in [-0.39, 0.29) is 51.8 Å². The SMILES string of the molecule is O=C1c2ccc(S(=O)(=O)O)cc2C(=O)c2ccc(S(=O)(=O)O)cc21.[NaH]. The Labute approximate surface area is 164 Å². The zero-order valence-electron chi connectivity index (χ0n) is 11.6. The normalized spacial score (nSPS) is 13.7. The van der Waals surface area contributed by atoms with Gasteiger partial charge in [0.2, 0.25) is 0 Å². The van der Waals surface area contributed by atoms with Gasteiger partial charge >= 0.3 is 29.6 Å². The minimum atomic E-state index is -4.56. The van der Waals surface area contributed by atoms with Crippen LogP contribution in [0.5, 0.6) is 0 Å². The van der Waals surface area contributed by atoms with E-state index in [1.54, 1.807) is 0 Å². The van der Waals surface area contributed by atoms with Crippen molar-refractivity contribution in [2.75, 3.05) is 0 Å². The maximum atomic E-state index is 12.5. The summed E-state index contributed by atoms with van der Waals surface area (Å²) in [6.07, 6.45) is 0. The molecule has 0 spiro atoms. The van der Waals surface area contributed by atoms with Gasteiger partial charge in [-0.2, -0.15) is 16.8 Å². The summed E-state index contributed by atoms with van der Waals surface area (Å²) in [6, 6.07) is 5.78. The average Bonchev–Trinajstić information content (AvgIpc) is 2.49. The molecule has 11 heteroatoms. The van der Waals surface area contributed by atoms with Crippen molar-refractivity contribution in [1.82, 2.24) is 0 Å². The number of ketones is 2. The van der Waals surface area contributed by atoms with Crippen LogP contribution in [0, 0.1) is 0 Å². The molecule has 8 nitrogen and oxygen atoms in total. The molecule has 2 aromatic rings.